The smallest absolute Gasteiger partial charge is 0.126 e. The van der Waals surface area contributed by atoms with E-state index in [4.69, 9.17) is 4.74 Å². The number of hydrogen-bond acceptors (Lipinski definition) is 2. The molecule has 0 aliphatic rings. The molecule has 0 heterocycles. The number of methoxy groups -OCH3 is 1. The van der Waals surface area contributed by atoms with E-state index in [2.05, 4.69) is 55.4 Å². The number of nitrogens with zero attached hydrogens (tertiary/aromatic N) is 1. The maximum absolute atomic E-state index is 5.50. The molecule has 20 heavy (non-hydrogen) atoms. The zero-order valence-corrected chi connectivity index (χ0v) is 12.3. The molecule has 2 aromatic rings. The second-order valence-corrected chi connectivity index (χ2v) is 4.95. The summed E-state index contributed by atoms with van der Waals surface area (Å²) in [6.07, 6.45) is 2.24. The standard InChI is InChI=1S/C18H21NO/c1-19(2)14-13-16(15-9-5-4-6-10-15)17-11-7-8-12-18(17)20-3/h4-13H,14H2,1-3H3/b16-13+. The summed E-state index contributed by atoms with van der Waals surface area (Å²) in [4.78, 5) is 2.15. The van der Waals surface area contributed by atoms with Crippen molar-refractivity contribution in [3.63, 3.8) is 0 Å². The van der Waals surface area contributed by atoms with Crippen LogP contribution in [0.25, 0.3) is 5.57 Å². The summed E-state index contributed by atoms with van der Waals surface area (Å²) in [6.45, 7) is 0.891. The second kappa shape index (κ2) is 6.92. The van der Waals surface area contributed by atoms with Gasteiger partial charge in [0.25, 0.3) is 0 Å². The molecule has 2 heteroatoms. The Bertz CT molecular complexity index is 573. The Morgan fingerprint density at radius 1 is 1.00 bits per heavy atom. The fourth-order valence-corrected chi connectivity index (χ4v) is 2.14. The van der Waals surface area contributed by atoms with Crippen LogP contribution in [0.1, 0.15) is 11.1 Å². The van der Waals surface area contributed by atoms with Crippen molar-refractivity contribution in [2.24, 2.45) is 0 Å². The molecule has 0 fully saturated rings. The van der Waals surface area contributed by atoms with Crippen LogP contribution in [0.5, 0.6) is 5.75 Å². The van der Waals surface area contributed by atoms with Crippen LogP contribution >= 0.6 is 0 Å². The van der Waals surface area contributed by atoms with Gasteiger partial charge in [-0.3, -0.25) is 0 Å². The van der Waals surface area contributed by atoms with E-state index in [1.54, 1.807) is 7.11 Å². The fraction of sp³-hybridized carbons (Fsp3) is 0.222. The van der Waals surface area contributed by atoms with Gasteiger partial charge in [0, 0.05) is 12.1 Å². The quantitative estimate of drug-likeness (QED) is 0.819. The fourth-order valence-electron chi connectivity index (χ4n) is 2.14. The monoisotopic (exact) mass is 267 g/mol. The first-order valence-electron chi connectivity index (χ1n) is 6.76. The van der Waals surface area contributed by atoms with Crippen LogP contribution in [0.3, 0.4) is 0 Å². The van der Waals surface area contributed by atoms with Gasteiger partial charge in [-0.05, 0) is 31.3 Å². The largest absolute Gasteiger partial charge is 0.496 e. The molecular formula is C18H21NO. The van der Waals surface area contributed by atoms with E-state index in [1.165, 1.54) is 11.1 Å². The van der Waals surface area contributed by atoms with Gasteiger partial charge in [0.1, 0.15) is 5.75 Å². The predicted octanol–water partition coefficient (Wildman–Crippen LogP) is 3.69. The molecule has 0 atom stereocenters. The van der Waals surface area contributed by atoms with E-state index < -0.39 is 0 Å². The minimum atomic E-state index is 0.891. The van der Waals surface area contributed by atoms with E-state index in [9.17, 15) is 0 Å². The SMILES string of the molecule is COc1ccccc1/C(=C/CN(C)C)c1ccccc1. The van der Waals surface area contributed by atoms with Crippen molar-refractivity contribution in [1.82, 2.24) is 4.90 Å². The third-order valence-corrected chi connectivity index (χ3v) is 3.14. The Kier molecular flexibility index (Phi) is 4.97. The normalized spacial score (nSPS) is 11.7. The number of ether oxygens (including phenoxy) is 1. The first-order chi connectivity index (χ1) is 9.72. The average Bonchev–Trinajstić information content (AvgIpc) is 2.49. The molecule has 0 saturated carbocycles. The van der Waals surface area contributed by atoms with Crippen LogP contribution in [0.2, 0.25) is 0 Å². The van der Waals surface area contributed by atoms with E-state index in [0.29, 0.717) is 0 Å². The lowest BCUT2D eigenvalue weighted by Gasteiger charge is -2.14. The van der Waals surface area contributed by atoms with Crippen LogP contribution in [-0.4, -0.2) is 32.6 Å². The van der Waals surface area contributed by atoms with E-state index >= 15 is 0 Å². The minimum Gasteiger partial charge on any atom is -0.496 e. The van der Waals surface area contributed by atoms with Crippen LogP contribution in [0.4, 0.5) is 0 Å². The highest BCUT2D eigenvalue weighted by Gasteiger charge is 2.09. The van der Waals surface area contributed by atoms with E-state index in [-0.39, 0.29) is 0 Å². The van der Waals surface area contributed by atoms with Gasteiger partial charge < -0.3 is 9.64 Å². The van der Waals surface area contributed by atoms with Gasteiger partial charge in [-0.25, -0.2) is 0 Å². The van der Waals surface area contributed by atoms with Gasteiger partial charge in [-0.2, -0.15) is 0 Å². The zero-order chi connectivity index (χ0) is 14.4. The number of benzene rings is 2. The van der Waals surface area contributed by atoms with Crippen molar-refractivity contribution < 1.29 is 4.74 Å². The highest BCUT2D eigenvalue weighted by atomic mass is 16.5. The van der Waals surface area contributed by atoms with Crippen molar-refractivity contribution >= 4 is 5.57 Å². The maximum Gasteiger partial charge on any atom is 0.126 e. The molecule has 0 unspecified atom stereocenters. The lowest BCUT2D eigenvalue weighted by Crippen LogP contribution is -2.11. The first-order valence-corrected chi connectivity index (χ1v) is 6.76. The molecule has 0 amide bonds. The molecular weight excluding hydrogens is 246 g/mol. The van der Waals surface area contributed by atoms with Crippen LogP contribution in [0.15, 0.2) is 60.7 Å². The van der Waals surface area contributed by atoms with Crippen molar-refractivity contribution in [1.29, 1.82) is 0 Å². The Morgan fingerprint density at radius 2 is 1.65 bits per heavy atom. The highest BCUT2D eigenvalue weighted by molar-refractivity contribution is 5.82. The summed E-state index contributed by atoms with van der Waals surface area (Å²) in [5, 5.41) is 0. The molecule has 2 nitrogen and oxygen atoms in total. The summed E-state index contributed by atoms with van der Waals surface area (Å²) in [5.41, 5.74) is 3.54. The van der Waals surface area contributed by atoms with Crippen molar-refractivity contribution in [2.45, 2.75) is 0 Å². The molecule has 0 radical (unpaired) electrons. The van der Waals surface area contributed by atoms with Gasteiger partial charge in [-0.1, -0.05) is 54.6 Å². The molecule has 104 valence electrons. The first kappa shape index (κ1) is 14.4. The van der Waals surface area contributed by atoms with Gasteiger partial charge >= 0.3 is 0 Å². The van der Waals surface area contributed by atoms with Gasteiger partial charge in [-0.15, -0.1) is 0 Å². The lowest BCUT2D eigenvalue weighted by molar-refractivity contribution is 0.413. The Labute approximate surface area is 121 Å². The topological polar surface area (TPSA) is 12.5 Å². The van der Waals surface area contributed by atoms with Crippen molar-refractivity contribution in [2.75, 3.05) is 27.7 Å². The molecule has 0 aliphatic carbocycles. The number of likely N-dealkylation sites (N-methyl/N-ethyl adjacent to an activating group) is 1. The van der Waals surface area contributed by atoms with Crippen molar-refractivity contribution in [3.05, 3.63) is 71.8 Å². The van der Waals surface area contributed by atoms with E-state index in [0.717, 1.165) is 17.9 Å². The summed E-state index contributed by atoms with van der Waals surface area (Å²) in [5.74, 6) is 0.904. The summed E-state index contributed by atoms with van der Waals surface area (Å²) in [6, 6.07) is 18.6. The summed E-state index contributed by atoms with van der Waals surface area (Å²) < 4.78 is 5.50. The number of rotatable bonds is 5. The van der Waals surface area contributed by atoms with Crippen LogP contribution in [0, 0.1) is 0 Å². The molecule has 2 rings (SSSR count). The predicted molar refractivity (Wildman–Crippen MR) is 85.1 cm³/mol. The second-order valence-electron chi connectivity index (χ2n) is 4.95. The minimum absolute atomic E-state index is 0.891. The molecule has 2 aromatic carbocycles. The molecule has 0 spiro atoms. The summed E-state index contributed by atoms with van der Waals surface area (Å²) in [7, 11) is 5.86. The number of para-hydroxylation sites is 1. The van der Waals surface area contributed by atoms with Gasteiger partial charge in [0.05, 0.1) is 7.11 Å². The molecule has 0 aliphatic heterocycles. The molecule has 0 aromatic heterocycles. The Morgan fingerprint density at radius 3 is 2.30 bits per heavy atom. The van der Waals surface area contributed by atoms with Gasteiger partial charge in [0.15, 0.2) is 0 Å². The molecule has 0 N–H and O–H groups in total. The van der Waals surface area contributed by atoms with Crippen LogP contribution < -0.4 is 4.74 Å². The zero-order valence-electron chi connectivity index (χ0n) is 12.3. The van der Waals surface area contributed by atoms with E-state index in [1.807, 2.05) is 24.3 Å². The number of hydrogen-bond donors (Lipinski definition) is 0. The lowest BCUT2D eigenvalue weighted by atomic mass is 9.96. The molecule has 0 bridgehead atoms. The average molecular weight is 267 g/mol. The molecule has 0 saturated heterocycles. The van der Waals surface area contributed by atoms with Crippen LogP contribution in [-0.2, 0) is 0 Å². The highest BCUT2D eigenvalue weighted by Crippen LogP contribution is 2.30. The van der Waals surface area contributed by atoms with Crippen molar-refractivity contribution in [3.8, 4) is 5.75 Å². The summed E-state index contributed by atoms with van der Waals surface area (Å²) >= 11 is 0. The van der Waals surface area contributed by atoms with Gasteiger partial charge in [0.2, 0.25) is 0 Å². The Balaban J connectivity index is 2.49. The third kappa shape index (κ3) is 3.49. The Hall–Kier alpha value is -2.06. The third-order valence-electron chi connectivity index (χ3n) is 3.14. The maximum atomic E-state index is 5.50.